The first-order valence-corrected chi connectivity index (χ1v) is 8.58. The van der Waals surface area contributed by atoms with E-state index in [4.69, 9.17) is 0 Å². The molecular formula is C23H20N2O. The SMILES string of the molecule is Cc1c(C#CCCc2ccccc2)cccc1C(=O)Nc1ccncc1. The summed E-state index contributed by atoms with van der Waals surface area (Å²) in [6, 6.07) is 19.5. The predicted molar refractivity (Wildman–Crippen MR) is 105 cm³/mol. The number of amides is 1. The number of benzene rings is 2. The van der Waals surface area contributed by atoms with Crippen LogP contribution in [0.3, 0.4) is 0 Å². The second-order valence-electron chi connectivity index (χ2n) is 5.96. The second-order valence-corrected chi connectivity index (χ2v) is 5.96. The van der Waals surface area contributed by atoms with Gasteiger partial charge in [0.1, 0.15) is 0 Å². The van der Waals surface area contributed by atoms with Crippen molar-refractivity contribution in [2.45, 2.75) is 19.8 Å². The van der Waals surface area contributed by atoms with Crippen LogP contribution in [0.4, 0.5) is 5.69 Å². The van der Waals surface area contributed by atoms with Gasteiger partial charge in [0.2, 0.25) is 0 Å². The Balaban J connectivity index is 1.69. The van der Waals surface area contributed by atoms with E-state index in [0.717, 1.165) is 29.7 Å². The number of hydrogen-bond donors (Lipinski definition) is 1. The number of nitrogens with one attached hydrogen (secondary N) is 1. The number of hydrogen-bond acceptors (Lipinski definition) is 2. The van der Waals surface area contributed by atoms with Crippen molar-refractivity contribution in [1.82, 2.24) is 4.98 Å². The molecule has 0 aliphatic carbocycles. The first-order chi connectivity index (χ1) is 12.7. The van der Waals surface area contributed by atoms with E-state index in [1.807, 2.05) is 43.3 Å². The number of aryl methyl sites for hydroxylation is 1. The van der Waals surface area contributed by atoms with E-state index in [1.165, 1.54) is 5.56 Å². The summed E-state index contributed by atoms with van der Waals surface area (Å²) >= 11 is 0. The summed E-state index contributed by atoms with van der Waals surface area (Å²) in [6.45, 7) is 1.93. The summed E-state index contributed by atoms with van der Waals surface area (Å²) in [4.78, 5) is 16.5. The van der Waals surface area contributed by atoms with Crippen molar-refractivity contribution in [3.63, 3.8) is 0 Å². The van der Waals surface area contributed by atoms with E-state index in [2.05, 4.69) is 34.3 Å². The van der Waals surface area contributed by atoms with Crippen LogP contribution in [-0.2, 0) is 6.42 Å². The molecule has 3 aromatic rings. The number of rotatable bonds is 4. The van der Waals surface area contributed by atoms with Gasteiger partial charge >= 0.3 is 0 Å². The van der Waals surface area contributed by atoms with E-state index in [-0.39, 0.29) is 5.91 Å². The van der Waals surface area contributed by atoms with Crippen LogP contribution < -0.4 is 5.32 Å². The van der Waals surface area contributed by atoms with Gasteiger partial charge in [-0.2, -0.15) is 0 Å². The Morgan fingerprint density at radius 2 is 1.77 bits per heavy atom. The lowest BCUT2D eigenvalue weighted by molar-refractivity contribution is 0.102. The Labute approximate surface area is 154 Å². The van der Waals surface area contributed by atoms with Gasteiger partial charge in [0.25, 0.3) is 5.91 Å². The van der Waals surface area contributed by atoms with Crippen molar-refractivity contribution < 1.29 is 4.79 Å². The molecule has 0 saturated heterocycles. The van der Waals surface area contributed by atoms with Crippen LogP contribution in [0.5, 0.6) is 0 Å². The third-order valence-electron chi connectivity index (χ3n) is 4.12. The van der Waals surface area contributed by atoms with Gasteiger partial charge in [0, 0.05) is 35.6 Å². The molecule has 0 aliphatic heterocycles. The number of aromatic nitrogens is 1. The highest BCUT2D eigenvalue weighted by atomic mass is 16.1. The lowest BCUT2D eigenvalue weighted by Crippen LogP contribution is -2.13. The maximum Gasteiger partial charge on any atom is 0.255 e. The van der Waals surface area contributed by atoms with Crippen molar-refractivity contribution in [2.24, 2.45) is 0 Å². The van der Waals surface area contributed by atoms with Gasteiger partial charge in [0.15, 0.2) is 0 Å². The molecule has 1 heterocycles. The molecule has 128 valence electrons. The summed E-state index contributed by atoms with van der Waals surface area (Å²) in [5.41, 5.74) is 4.43. The number of pyridine rings is 1. The molecule has 3 nitrogen and oxygen atoms in total. The molecule has 0 saturated carbocycles. The monoisotopic (exact) mass is 340 g/mol. The van der Waals surface area contributed by atoms with E-state index in [1.54, 1.807) is 24.5 Å². The average Bonchev–Trinajstić information content (AvgIpc) is 2.68. The van der Waals surface area contributed by atoms with E-state index in [9.17, 15) is 4.79 Å². The van der Waals surface area contributed by atoms with Gasteiger partial charge in [-0.25, -0.2) is 0 Å². The Morgan fingerprint density at radius 3 is 2.54 bits per heavy atom. The lowest BCUT2D eigenvalue weighted by atomic mass is 10.0. The van der Waals surface area contributed by atoms with Gasteiger partial charge in [-0.05, 0) is 48.7 Å². The molecule has 2 aromatic carbocycles. The fourth-order valence-corrected chi connectivity index (χ4v) is 2.66. The summed E-state index contributed by atoms with van der Waals surface area (Å²) < 4.78 is 0. The largest absolute Gasteiger partial charge is 0.322 e. The topological polar surface area (TPSA) is 42.0 Å². The Kier molecular flexibility index (Phi) is 5.80. The van der Waals surface area contributed by atoms with Crippen molar-refractivity contribution in [3.05, 3.63) is 95.3 Å². The highest BCUT2D eigenvalue weighted by Gasteiger charge is 2.11. The van der Waals surface area contributed by atoms with Crippen LogP contribution in [-0.4, -0.2) is 10.9 Å². The Bertz CT molecular complexity index is 938. The average molecular weight is 340 g/mol. The second kappa shape index (κ2) is 8.64. The highest BCUT2D eigenvalue weighted by Crippen LogP contribution is 2.15. The molecule has 0 radical (unpaired) electrons. The predicted octanol–water partition coefficient (Wildman–Crippen LogP) is 4.63. The zero-order chi connectivity index (χ0) is 18.2. The summed E-state index contributed by atoms with van der Waals surface area (Å²) in [5, 5.41) is 2.89. The first kappa shape index (κ1) is 17.4. The molecule has 0 aliphatic rings. The summed E-state index contributed by atoms with van der Waals surface area (Å²) in [6.07, 6.45) is 5.01. The van der Waals surface area contributed by atoms with Crippen molar-refractivity contribution >= 4 is 11.6 Å². The molecule has 3 rings (SSSR count). The maximum absolute atomic E-state index is 12.5. The molecular weight excluding hydrogens is 320 g/mol. The standard InChI is InChI=1S/C23H20N2O/c1-18-20(11-6-5-10-19-8-3-2-4-9-19)12-7-13-22(18)23(26)25-21-14-16-24-17-15-21/h2-4,7-9,12-17H,5,10H2,1H3,(H,24,25,26). The molecule has 26 heavy (non-hydrogen) atoms. The van der Waals surface area contributed by atoms with Gasteiger partial charge in [-0.1, -0.05) is 48.2 Å². The third kappa shape index (κ3) is 4.58. The third-order valence-corrected chi connectivity index (χ3v) is 4.12. The van der Waals surface area contributed by atoms with E-state index >= 15 is 0 Å². The fraction of sp³-hybridized carbons (Fsp3) is 0.130. The van der Waals surface area contributed by atoms with Crippen LogP contribution in [0.2, 0.25) is 0 Å². The van der Waals surface area contributed by atoms with Gasteiger partial charge < -0.3 is 5.32 Å². The van der Waals surface area contributed by atoms with Gasteiger partial charge in [-0.3, -0.25) is 9.78 Å². The van der Waals surface area contributed by atoms with Crippen molar-refractivity contribution in [1.29, 1.82) is 0 Å². The van der Waals surface area contributed by atoms with E-state index < -0.39 is 0 Å². The van der Waals surface area contributed by atoms with Crippen LogP contribution in [0.1, 0.15) is 33.5 Å². The number of carbonyl (C=O) groups excluding carboxylic acids is 1. The first-order valence-electron chi connectivity index (χ1n) is 8.58. The fourth-order valence-electron chi connectivity index (χ4n) is 2.66. The van der Waals surface area contributed by atoms with Crippen LogP contribution >= 0.6 is 0 Å². The number of carbonyl (C=O) groups is 1. The zero-order valence-corrected chi connectivity index (χ0v) is 14.7. The highest BCUT2D eigenvalue weighted by molar-refractivity contribution is 6.05. The normalized spacial score (nSPS) is 9.88. The molecule has 0 fully saturated rings. The number of anilines is 1. The van der Waals surface area contributed by atoms with Crippen molar-refractivity contribution in [3.8, 4) is 11.8 Å². The Hall–Kier alpha value is -3.38. The lowest BCUT2D eigenvalue weighted by Gasteiger charge is -2.08. The van der Waals surface area contributed by atoms with Crippen LogP contribution in [0.15, 0.2) is 73.1 Å². The molecule has 1 amide bonds. The Morgan fingerprint density at radius 1 is 1.00 bits per heavy atom. The summed E-state index contributed by atoms with van der Waals surface area (Å²) in [5.74, 6) is 6.28. The molecule has 0 atom stereocenters. The van der Waals surface area contributed by atoms with E-state index in [0.29, 0.717) is 5.56 Å². The van der Waals surface area contributed by atoms with Crippen LogP contribution in [0.25, 0.3) is 0 Å². The maximum atomic E-state index is 12.5. The zero-order valence-electron chi connectivity index (χ0n) is 14.7. The quantitative estimate of drug-likeness (QED) is 0.704. The smallest absolute Gasteiger partial charge is 0.255 e. The molecule has 0 spiro atoms. The van der Waals surface area contributed by atoms with Gasteiger partial charge in [0.05, 0.1) is 0 Å². The molecule has 0 unspecified atom stereocenters. The minimum absolute atomic E-state index is 0.137. The molecule has 3 heteroatoms. The number of nitrogens with zero attached hydrogens (tertiary/aromatic N) is 1. The molecule has 0 bridgehead atoms. The minimum Gasteiger partial charge on any atom is -0.322 e. The molecule has 1 N–H and O–H groups in total. The minimum atomic E-state index is -0.137. The van der Waals surface area contributed by atoms with Gasteiger partial charge in [-0.15, -0.1) is 0 Å². The van der Waals surface area contributed by atoms with Crippen LogP contribution in [0, 0.1) is 18.8 Å². The van der Waals surface area contributed by atoms with Crippen molar-refractivity contribution in [2.75, 3.05) is 5.32 Å². The summed E-state index contributed by atoms with van der Waals surface area (Å²) in [7, 11) is 0. The molecule has 1 aromatic heterocycles.